The third-order valence-corrected chi connectivity index (χ3v) is 5.53. The number of nitrogens with zero attached hydrogens (tertiary/aromatic N) is 2. The van der Waals surface area contributed by atoms with Crippen LogP contribution in [0.3, 0.4) is 0 Å². The molecular weight excluding hydrogens is 377 g/mol. The van der Waals surface area contributed by atoms with Crippen LogP contribution in [0.1, 0.15) is 11.1 Å². The summed E-state index contributed by atoms with van der Waals surface area (Å²) in [4.78, 5) is 19.5. The summed E-state index contributed by atoms with van der Waals surface area (Å²) in [5, 5.41) is 3.25. The second-order valence-electron chi connectivity index (χ2n) is 6.60. The normalized spacial score (nSPS) is 20.1. The molecule has 4 rings (SSSR count). The number of hydrogen-bond donors (Lipinski definition) is 1. The smallest absolute Gasteiger partial charge is 0.264 e. The first-order chi connectivity index (χ1) is 13.6. The Morgan fingerprint density at radius 1 is 1.18 bits per heavy atom. The molecule has 7 heteroatoms. The summed E-state index contributed by atoms with van der Waals surface area (Å²) in [5.41, 5.74) is 3.87. The van der Waals surface area contributed by atoms with Gasteiger partial charge in [0.2, 0.25) is 0 Å². The molecule has 2 aliphatic rings. The zero-order valence-corrected chi connectivity index (χ0v) is 16.3. The molecule has 0 radical (unpaired) electrons. The summed E-state index contributed by atoms with van der Waals surface area (Å²) in [6, 6.07) is 12.1. The van der Waals surface area contributed by atoms with Crippen LogP contribution in [0.15, 0.2) is 52.4 Å². The highest BCUT2D eigenvalue weighted by atomic mass is 32.2. The van der Waals surface area contributed by atoms with Crippen molar-refractivity contribution in [3.8, 4) is 0 Å². The first kappa shape index (κ1) is 18.7. The van der Waals surface area contributed by atoms with Crippen LogP contribution in [0.4, 0.5) is 15.8 Å². The standard InChI is InChI=1S/C21H20FN3O2S/c1-14-12-18(25-8-10-27-11-9-25)7-2-15(14)13-19-20(26)24-21(28-19)23-17-5-3-16(22)4-6-17/h2-7,12-13H,8-11H2,1H3,(H,23,24,26). The van der Waals surface area contributed by atoms with Gasteiger partial charge in [0.25, 0.3) is 5.91 Å². The number of amides is 1. The van der Waals surface area contributed by atoms with E-state index < -0.39 is 0 Å². The van der Waals surface area contributed by atoms with Crippen molar-refractivity contribution < 1.29 is 13.9 Å². The van der Waals surface area contributed by atoms with Crippen LogP contribution in [-0.4, -0.2) is 37.4 Å². The number of halogens is 1. The Morgan fingerprint density at radius 2 is 1.93 bits per heavy atom. The van der Waals surface area contributed by atoms with Crippen LogP contribution in [0, 0.1) is 12.7 Å². The number of nitrogens with one attached hydrogen (secondary N) is 1. The minimum atomic E-state index is -0.316. The average Bonchev–Trinajstić information content (AvgIpc) is 3.05. The van der Waals surface area contributed by atoms with Gasteiger partial charge < -0.3 is 15.0 Å². The molecule has 2 aromatic carbocycles. The summed E-state index contributed by atoms with van der Waals surface area (Å²) < 4.78 is 18.4. The van der Waals surface area contributed by atoms with Crippen molar-refractivity contribution in [2.75, 3.05) is 31.2 Å². The molecule has 144 valence electrons. The van der Waals surface area contributed by atoms with Crippen molar-refractivity contribution in [3.63, 3.8) is 0 Å². The number of carbonyl (C=O) groups excluding carboxylic acids is 1. The van der Waals surface area contributed by atoms with Crippen LogP contribution in [0.5, 0.6) is 0 Å². The maximum atomic E-state index is 13.0. The van der Waals surface area contributed by atoms with Gasteiger partial charge in [0.1, 0.15) is 5.82 Å². The minimum Gasteiger partial charge on any atom is -0.378 e. The summed E-state index contributed by atoms with van der Waals surface area (Å²) in [7, 11) is 0. The van der Waals surface area contributed by atoms with Gasteiger partial charge in [-0.1, -0.05) is 6.07 Å². The molecule has 0 aromatic heterocycles. The van der Waals surface area contributed by atoms with Gasteiger partial charge in [-0.05, 0) is 72.3 Å². The molecule has 1 N–H and O–H groups in total. The van der Waals surface area contributed by atoms with Gasteiger partial charge in [-0.3, -0.25) is 4.79 Å². The van der Waals surface area contributed by atoms with E-state index in [1.165, 1.54) is 29.6 Å². The highest BCUT2D eigenvalue weighted by Gasteiger charge is 2.24. The van der Waals surface area contributed by atoms with E-state index in [4.69, 9.17) is 4.74 Å². The number of rotatable bonds is 3. The first-order valence-corrected chi connectivity index (χ1v) is 9.89. The van der Waals surface area contributed by atoms with E-state index in [0.717, 1.165) is 37.4 Å². The third kappa shape index (κ3) is 4.26. The van der Waals surface area contributed by atoms with E-state index >= 15 is 0 Å². The van der Waals surface area contributed by atoms with E-state index in [-0.39, 0.29) is 11.7 Å². The van der Waals surface area contributed by atoms with Gasteiger partial charge in [0.05, 0.1) is 23.8 Å². The van der Waals surface area contributed by atoms with Crippen molar-refractivity contribution in [1.82, 2.24) is 5.32 Å². The molecule has 0 saturated carbocycles. The average molecular weight is 397 g/mol. The molecule has 28 heavy (non-hydrogen) atoms. The largest absolute Gasteiger partial charge is 0.378 e. The van der Waals surface area contributed by atoms with Crippen LogP contribution < -0.4 is 10.2 Å². The van der Waals surface area contributed by atoms with Gasteiger partial charge in [-0.15, -0.1) is 0 Å². The van der Waals surface area contributed by atoms with Crippen molar-refractivity contribution in [2.45, 2.75) is 6.92 Å². The molecule has 0 unspecified atom stereocenters. The molecule has 0 bridgehead atoms. The minimum absolute atomic E-state index is 0.178. The Labute approximate surface area is 167 Å². The van der Waals surface area contributed by atoms with Crippen molar-refractivity contribution in [2.24, 2.45) is 4.99 Å². The lowest BCUT2D eigenvalue weighted by atomic mass is 10.1. The van der Waals surface area contributed by atoms with Crippen LogP contribution in [0.2, 0.25) is 0 Å². The number of aliphatic imine (C=N–C) groups is 1. The maximum Gasteiger partial charge on any atom is 0.264 e. The Hall–Kier alpha value is -2.64. The van der Waals surface area contributed by atoms with Crippen LogP contribution in [0.25, 0.3) is 6.08 Å². The highest BCUT2D eigenvalue weighted by Crippen LogP contribution is 2.30. The Balaban J connectivity index is 1.52. The number of benzene rings is 2. The summed E-state index contributed by atoms with van der Waals surface area (Å²) in [6.07, 6.45) is 1.88. The molecule has 0 aliphatic carbocycles. The van der Waals surface area contributed by atoms with Gasteiger partial charge >= 0.3 is 0 Å². The molecule has 0 atom stereocenters. The lowest BCUT2D eigenvalue weighted by Crippen LogP contribution is -2.36. The topological polar surface area (TPSA) is 53.9 Å². The number of morpholine rings is 1. The number of hydrogen-bond acceptors (Lipinski definition) is 5. The van der Waals surface area contributed by atoms with E-state index in [0.29, 0.717) is 15.8 Å². The molecule has 2 aromatic rings. The molecule has 5 nitrogen and oxygen atoms in total. The molecule has 0 spiro atoms. The molecule has 2 saturated heterocycles. The zero-order chi connectivity index (χ0) is 19.5. The lowest BCUT2D eigenvalue weighted by molar-refractivity contribution is -0.115. The zero-order valence-electron chi connectivity index (χ0n) is 15.4. The quantitative estimate of drug-likeness (QED) is 0.799. The first-order valence-electron chi connectivity index (χ1n) is 9.07. The van der Waals surface area contributed by atoms with Crippen molar-refractivity contribution in [1.29, 1.82) is 0 Å². The molecule has 1 amide bonds. The van der Waals surface area contributed by atoms with Crippen molar-refractivity contribution >= 4 is 40.3 Å². The van der Waals surface area contributed by atoms with E-state index in [1.807, 2.05) is 19.1 Å². The third-order valence-electron chi connectivity index (χ3n) is 4.62. The van der Waals surface area contributed by atoms with Crippen molar-refractivity contribution in [3.05, 3.63) is 64.3 Å². The number of anilines is 1. The lowest BCUT2D eigenvalue weighted by Gasteiger charge is -2.29. The second-order valence-corrected chi connectivity index (χ2v) is 7.63. The predicted octanol–water partition coefficient (Wildman–Crippen LogP) is 3.86. The van der Waals surface area contributed by atoms with Gasteiger partial charge in [-0.25, -0.2) is 9.38 Å². The van der Waals surface area contributed by atoms with E-state index in [2.05, 4.69) is 27.3 Å². The monoisotopic (exact) mass is 397 g/mol. The number of thioether (sulfide) groups is 1. The number of carbonyl (C=O) groups is 1. The Bertz CT molecular complexity index is 951. The van der Waals surface area contributed by atoms with E-state index in [1.54, 1.807) is 12.1 Å². The molecule has 2 fully saturated rings. The van der Waals surface area contributed by atoms with E-state index in [9.17, 15) is 9.18 Å². The fraction of sp³-hybridized carbons (Fsp3) is 0.238. The SMILES string of the molecule is Cc1cc(N2CCOCC2)ccc1C=C1SC(=Nc2ccc(F)cc2)NC1=O. The fourth-order valence-electron chi connectivity index (χ4n) is 3.09. The predicted molar refractivity (Wildman–Crippen MR) is 111 cm³/mol. The van der Waals surface area contributed by atoms with Crippen LogP contribution >= 0.6 is 11.8 Å². The van der Waals surface area contributed by atoms with Crippen LogP contribution in [-0.2, 0) is 9.53 Å². The number of aryl methyl sites for hydroxylation is 1. The second kappa shape index (κ2) is 8.16. The van der Waals surface area contributed by atoms with Gasteiger partial charge in [-0.2, -0.15) is 0 Å². The number of ether oxygens (including phenoxy) is 1. The number of amidine groups is 1. The Morgan fingerprint density at radius 3 is 2.64 bits per heavy atom. The van der Waals surface area contributed by atoms with Gasteiger partial charge in [0.15, 0.2) is 5.17 Å². The summed E-state index contributed by atoms with van der Waals surface area (Å²) in [6.45, 7) is 5.32. The summed E-state index contributed by atoms with van der Waals surface area (Å²) in [5.74, 6) is -0.494. The maximum absolute atomic E-state index is 13.0. The fourth-order valence-corrected chi connectivity index (χ4v) is 3.93. The molecule has 2 aliphatic heterocycles. The Kier molecular flexibility index (Phi) is 5.45. The molecular formula is C21H20FN3O2S. The van der Waals surface area contributed by atoms with Gasteiger partial charge in [0, 0.05) is 18.8 Å². The summed E-state index contributed by atoms with van der Waals surface area (Å²) >= 11 is 1.28. The highest BCUT2D eigenvalue weighted by molar-refractivity contribution is 8.18. The molecule has 2 heterocycles.